The zero-order chi connectivity index (χ0) is 26.0. The molecule has 0 amide bonds. The van der Waals surface area contributed by atoms with E-state index in [2.05, 4.69) is 51.1 Å². The molecule has 1 aromatic rings. The molecule has 0 aliphatic heterocycles. The quantitative estimate of drug-likeness (QED) is 0.0834. The third-order valence-corrected chi connectivity index (χ3v) is 12.6. The Bertz CT molecular complexity index is 512. The van der Waals surface area contributed by atoms with Crippen LogP contribution in [-0.2, 0) is 11.0 Å². The first-order valence-electron chi connectivity index (χ1n) is 16.4. The van der Waals surface area contributed by atoms with Crippen LogP contribution in [-0.4, -0.2) is 8.32 Å². The highest BCUT2D eigenvalue weighted by atomic mass is 28.4. The van der Waals surface area contributed by atoms with E-state index >= 15 is 0 Å². The highest BCUT2D eigenvalue weighted by Crippen LogP contribution is 2.32. The molecule has 210 valence electrons. The summed E-state index contributed by atoms with van der Waals surface area (Å²) in [6, 6.07) is 15.2. The summed E-state index contributed by atoms with van der Waals surface area (Å²) in [5, 5.41) is 0. The molecule has 0 heterocycles. The second-order valence-electron chi connectivity index (χ2n) is 11.6. The van der Waals surface area contributed by atoms with Gasteiger partial charge in [-0.1, -0.05) is 186 Å². The molecule has 0 fully saturated rings. The van der Waals surface area contributed by atoms with Crippen LogP contribution in [0.25, 0.3) is 0 Å². The molecule has 0 aliphatic carbocycles. The van der Waals surface area contributed by atoms with Gasteiger partial charge in [0.2, 0.25) is 0 Å². The molecular weight excluding hydrogens is 452 g/mol. The van der Waals surface area contributed by atoms with Gasteiger partial charge >= 0.3 is 0 Å². The average molecular weight is 517 g/mol. The van der Waals surface area contributed by atoms with Crippen LogP contribution < -0.4 is 0 Å². The third-order valence-electron chi connectivity index (χ3n) is 8.10. The van der Waals surface area contributed by atoms with Crippen molar-refractivity contribution in [1.29, 1.82) is 0 Å². The minimum Gasteiger partial charge on any atom is -0.413 e. The molecular formula is C34H64OSi. The monoisotopic (exact) mass is 516 g/mol. The van der Waals surface area contributed by atoms with Crippen LogP contribution in [0.3, 0.4) is 0 Å². The summed E-state index contributed by atoms with van der Waals surface area (Å²) >= 11 is 0. The number of rotatable bonds is 27. The van der Waals surface area contributed by atoms with Gasteiger partial charge in [-0.3, -0.25) is 0 Å². The molecule has 2 heteroatoms. The van der Waals surface area contributed by atoms with Crippen molar-refractivity contribution in [2.75, 3.05) is 0 Å². The topological polar surface area (TPSA) is 9.23 Å². The Hall–Kier alpha value is -0.603. The first-order valence-corrected chi connectivity index (χ1v) is 19.0. The maximum atomic E-state index is 7.09. The van der Waals surface area contributed by atoms with Gasteiger partial charge in [-0.2, -0.15) is 0 Å². The van der Waals surface area contributed by atoms with Gasteiger partial charge in [0, 0.05) is 0 Å². The molecule has 0 spiro atoms. The van der Waals surface area contributed by atoms with Crippen molar-refractivity contribution >= 4 is 8.32 Å². The van der Waals surface area contributed by atoms with Gasteiger partial charge in [-0.25, -0.2) is 0 Å². The van der Waals surface area contributed by atoms with Gasteiger partial charge in [-0.15, -0.1) is 0 Å². The van der Waals surface area contributed by atoms with E-state index < -0.39 is 8.32 Å². The van der Waals surface area contributed by atoms with Crippen LogP contribution in [0.2, 0.25) is 18.1 Å². The maximum absolute atomic E-state index is 7.09. The van der Waals surface area contributed by atoms with Gasteiger partial charge < -0.3 is 4.43 Å². The van der Waals surface area contributed by atoms with Crippen molar-refractivity contribution in [2.45, 2.75) is 180 Å². The fourth-order valence-corrected chi connectivity index (χ4v) is 9.95. The predicted octanol–water partition coefficient (Wildman–Crippen LogP) is 12.4. The molecule has 0 N–H and O–H groups in total. The fraction of sp³-hybridized carbons (Fsp3) is 0.824. The minimum atomic E-state index is -1.70. The first kappa shape index (κ1) is 33.4. The van der Waals surface area contributed by atoms with Crippen molar-refractivity contribution in [2.24, 2.45) is 0 Å². The molecule has 1 nitrogen and oxygen atoms in total. The molecule has 0 aromatic heterocycles. The van der Waals surface area contributed by atoms with E-state index in [0.29, 0.717) is 0 Å². The van der Waals surface area contributed by atoms with Gasteiger partial charge in [0.05, 0.1) is 6.61 Å². The van der Waals surface area contributed by atoms with E-state index in [9.17, 15) is 0 Å². The number of hydrogen-bond acceptors (Lipinski definition) is 1. The molecule has 1 rings (SSSR count). The van der Waals surface area contributed by atoms with Gasteiger partial charge in [-0.05, 0) is 23.7 Å². The molecule has 0 aliphatic rings. The number of benzene rings is 1. The Balaban J connectivity index is 2.66. The lowest BCUT2D eigenvalue weighted by atomic mass is 10.1. The Morgan fingerprint density at radius 3 is 1.14 bits per heavy atom. The number of unbranched alkanes of at least 4 members (excludes halogenated alkanes) is 18. The lowest BCUT2D eigenvalue weighted by Gasteiger charge is -2.32. The van der Waals surface area contributed by atoms with Crippen molar-refractivity contribution in [3.63, 3.8) is 0 Å². The Morgan fingerprint density at radius 1 is 0.444 bits per heavy atom. The maximum Gasteiger partial charge on any atom is 0.193 e. The summed E-state index contributed by atoms with van der Waals surface area (Å²) in [5.74, 6) is 0. The normalized spacial score (nSPS) is 11.9. The van der Waals surface area contributed by atoms with E-state index in [-0.39, 0.29) is 0 Å². The van der Waals surface area contributed by atoms with E-state index in [4.69, 9.17) is 4.43 Å². The summed E-state index contributed by atoms with van der Waals surface area (Å²) in [4.78, 5) is 0. The van der Waals surface area contributed by atoms with Crippen LogP contribution in [0.5, 0.6) is 0 Å². The van der Waals surface area contributed by atoms with Crippen LogP contribution in [0.1, 0.15) is 161 Å². The lowest BCUT2D eigenvalue weighted by Crippen LogP contribution is -2.38. The second-order valence-corrected chi connectivity index (χ2v) is 15.7. The molecule has 0 unspecified atom stereocenters. The van der Waals surface area contributed by atoms with Gasteiger partial charge in [0.15, 0.2) is 8.32 Å². The standard InChI is InChI=1S/C34H64OSi/c1-4-7-10-13-16-19-25-30-36(31-26-20-17-14-11-8-5-2,32-27-21-18-15-12-9-6-3)35-33-34-28-23-22-24-29-34/h22-24,28-29H,4-21,25-27,30-33H2,1-3H3. The second kappa shape index (κ2) is 24.7. The fourth-order valence-electron chi connectivity index (χ4n) is 5.61. The van der Waals surface area contributed by atoms with Crippen molar-refractivity contribution in [3.05, 3.63) is 35.9 Å². The van der Waals surface area contributed by atoms with Gasteiger partial charge in [0.25, 0.3) is 0 Å². The summed E-state index contributed by atoms with van der Waals surface area (Å²) in [6.45, 7) is 7.80. The van der Waals surface area contributed by atoms with Crippen LogP contribution in [0.4, 0.5) is 0 Å². The molecule has 0 radical (unpaired) electrons. The van der Waals surface area contributed by atoms with Crippen LogP contribution in [0.15, 0.2) is 30.3 Å². The highest BCUT2D eigenvalue weighted by Gasteiger charge is 2.33. The molecule has 0 atom stereocenters. The highest BCUT2D eigenvalue weighted by molar-refractivity contribution is 6.73. The zero-order valence-corrected chi connectivity index (χ0v) is 26.0. The Kier molecular flexibility index (Phi) is 22.9. The summed E-state index contributed by atoms with van der Waals surface area (Å²) in [6.07, 6.45) is 29.6. The van der Waals surface area contributed by atoms with E-state index in [1.54, 1.807) is 0 Å². The lowest BCUT2D eigenvalue weighted by molar-refractivity contribution is 0.280. The summed E-state index contributed by atoms with van der Waals surface area (Å²) in [5.41, 5.74) is 1.37. The Morgan fingerprint density at radius 2 is 0.778 bits per heavy atom. The summed E-state index contributed by atoms with van der Waals surface area (Å²) in [7, 11) is -1.70. The first-order chi connectivity index (χ1) is 17.8. The molecule has 36 heavy (non-hydrogen) atoms. The predicted molar refractivity (Wildman–Crippen MR) is 165 cm³/mol. The van der Waals surface area contributed by atoms with Gasteiger partial charge in [0.1, 0.15) is 0 Å². The molecule has 0 saturated heterocycles. The van der Waals surface area contributed by atoms with E-state index in [1.807, 2.05) is 0 Å². The minimum absolute atomic E-state index is 0.844. The molecule has 0 saturated carbocycles. The van der Waals surface area contributed by atoms with Crippen LogP contribution in [0, 0.1) is 0 Å². The molecule has 0 bridgehead atoms. The number of hydrogen-bond donors (Lipinski definition) is 0. The largest absolute Gasteiger partial charge is 0.413 e. The summed E-state index contributed by atoms with van der Waals surface area (Å²) < 4.78 is 7.09. The molecule has 1 aromatic carbocycles. The zero-order valence-electron chi connectivity index (χ0n) is 25.0. The Labute approximate surface area is 228 Å². The SMILES string of the molecule is CCCCCCCCC[Si](CCCCCCCCC)(CCCCCCCCC)OCc1ccccc1. The average Bonchev–Trinajstić information content (AvgIpc) is 2.91. The van der Waals surface area contributed by atoms with E-state index in [1.165, 1.54) is 159 Å². The van der Waals surface area contributed by atoms with E-state index in [0.717, 1.165) is 6.61 Å². The smallest absolute Gasteiger partial charge is 0.193 e. The van der Waals surface area contributed by atoms with Crippen molar-refractivity contribution < 1.29 is 4.43 Å². The van der Waals surface area contributed by atoms with Crippen LogP contribution >= 0.6 is 0 Å². The van der Waals surface area contributed by atoms with Crippen molar-refractivity contribution in [3.8, 4) is 0 Å². The van der Waals surface area contributed by atoms with Crippen molar-refractivity contribution in [1.82, 2.24) is 0 Å². The third kappa shape index (κ3) is 18.6.